The topological polar surface area (TPSA) is 81.7 Å². The van der Waals surface area contributed by atoms with E-state index >= 15 is 0 Å². The van der Waals surface area contributed by atoms with Crippen molar-refractivity contribution in [1.29, 1.82) is 0 Å². The Hall–Kier alpha value is -2.48. The molecule has 3 aromatic rings. The first-order chi connectivity index (χ1) is 14.8. The van der Waals surface area contributed by atoms with Gasteiger partial charge in [-0.3, -0.25) is 13.9 Å². The lowest BCUT2D eigenvalue weighted by atomic mass is 9.72. The highest BCUT2D eigenvalue weighted by Crippen LogP contribution is 2.43. The minimum absolute atomic E-state index is 0.0622. The molecule has 0 spiro atoms. The Bertz CT molecular complexity index is 1170. The number of nitrogens with zero attached hydrogens (tertiary/aromatic N) is 1. The number of halogens is 1. The van der Waals surface area contributed by atoms with Crippen LogP contribution in [0.2, 0.25) is 5.02 Å². The third-order valence-corrected chi connectivity index (χ3v) is 7.00. The second kappa shape index (κ2) is 8.57. The van der Waals surface area contributed by atoms with Gasteiger partial charge in [-0.25, -0.2) is 0 Å². The second-order valence-corrected chi connectivity index (χ2v) is 9.86. The molecule has 1 aliphatic carbocycles. The maximum atomic E-state index is 12.4. The number of nitrogens with one attached hydrogen (secondary N) is 2. The first-order valence-corrected chi connectivity index (χ1v) is 11.2. The Labute approximate surface area is 190 Å². The SMILES string of the molecule is CN(C)Sc1c(Cl)ccc(Nc2c(NC3(Cc4ccccc4)CCC3)c(=O)c2=O)c1O. The highest BCUT2D eigenvalue weighted by molar-refractivity contribution is 7.97. The van der Waals surface area contributed by atoms with Crippen molar-refractivity contribution in [3.8, 4) is 5.75 Å². The predicted molar refractivity (Wildman–Crippen MR) is 128 cm³/mol. The maximum absolute atomic E-state index is 12.4. The number of anilines is 3. The molecule has 6 nitrogen and oxygen atoms in total. The Morgan fingerprint density at radius 2 is 1.74 bits per heavy atom. The van der Waals surface area contributed by atoms with Crippen LogP contribution in [0.5, 0.6) is 5.75 Å². The van der Waals surface area contributed by atoms with E-state index in [1.54, 1.807) is 16.4 Å². The van der Waals surface area contributed by atoms with Crippen LogP contribution in [0.3, 0.4) is 0 Å². The number of phenolic OH excluding ortho intramolecular Hbond substituents is 1. The van der Waals surface area contributed by atoms with Crippen LogP contribution < -0.4 is 21.5 Å². The Morgan fingerprint density at radius 3 is 2.35 bits per heavy atom. The molecule has 8 heteroatoms. The van der Waals surface area contributed by atoms with E-state index in [0.29, 0.717) is 15.6 Å². The van der Waals surface area contributed by atoms with E-state index < -0.39 is 10.9 Å². The molecule has 0 amide bonds. The second-order valence-electron chi connectivity index (χ2n) is 8.13. The fraction of sp³-hybridized carbons (Fsp3) is 0.304. The standard InChI is InChI=1S/C23H24ClN3O3S/c1-27(2)31-22-15(24)9-10-16(19(22)28)25-17-18(21(30)20(17)29)26-23(11-6-12-23)13-14-7-4-3-5-8-14/h3-5,7-10,25-26,28H,6,11-13H2,1-2H3. The van der Waals surface area contributed by atoms with E-state index in [1.807, 2.05) is 32.3 Å². The van der Waals surface area contributed by atoms with Crippen LogP contribution in [-0.2, 0) is 6.42 Å². The van der Waals surface area contributed by atoms with E-state index in [-0.39, 0.29) is 22.7 Å². The van der Waals surface area contributed by atoms with Gasteiger partial charge in [-0.15, -0.1) is 0 Å². The van der Waals surface area contributed by atoms with Crippen molar-refractivity contribution in [2.24, 2.45) is 0 Å². The van der Waals surface area contributed by atoms with Gasteiger partial charge in [-0.2, -0.15) is 0 Å². The molecule has 4 rings (SSSR count). The number of benzene rings is 2. The Kier molecular flexibility index (Phi) is 6.01. The molecule has 3 N–H and O–H groups in total. The van der Waals surface area contributed by atoms with Gasteiger partial charge in [0, 0.05) is 5.54 Å². The summed E-state index contributed by atoms with van der Waals surface area (Å²) in [7, 11) is 3.67. The van der Waals surface area contributed by atoms with E-state index in [2.05, 4.69) is 22.8 Å². The Balaban J connectivity index is 1.60. The fourth-order valence-corrected chi connectivity index (χ4v) is 4.86. The van der Waals surface area contributed by atoms with Crippen LogP contribution in [0, 0.1) is 0 Å². The number of phenols is 1. The van der Waals surface area contributed by atoms with Crippen LogP contribution in [0.15, 0.2) is 56.9 Å². The van der Waals surface area contributed by atoms with E-state index in [1.165, 1.54) is 17.5 Å². The molecule has 0 heterocycles. The predicted octanol–water partition coefficient (Wildman–Crippen LogP) is 4.53. The van der Waals surface area contributed by atoms with Crippen LogP contribution in [0.4, 0.5) is 17.1 Å². The monoisotopic (exact) mass is 457 g/mol. The summed E-state index contributed by atoms with van der Waals surface area (Å²) in [5.74, 6) is -0.0622. The van der Waals surface area contributed by atoms with Gasteiger partial charge in [0.15, 0.2) is 5.75 Å². The summed E-state index contributed by atoms with van der Waals surface area (Å²) < 4.78 is 1.80. The van der Waals surface area contributed by atoms with Gasteiger partial charge in [0.2, 0.25) is 0 Å². The lowest BCUT2D eigenvalue weighted by Gasteiger charge is -2.44. The highest BCUT2D eigenvalue weighted by Gasteiger charge is 2.39. The average Bonchev–Trinajstić information content (AvgIpc) is 2.73. The van der Waals surface area contributed by atoms with Gasteiger partial charge in [0.25, 0.3) is 10.9 Å². The molecule has 1 aliphatic rings. The van der Waals surface area contributed by atoms with E-state index in [0.717, 1.165) is 25.7 Å². The fourth-order valence-electron chi connectivity index (χ4n) is 3.88. The summed E-state index contributed by atoms with van der Waals surface area (Å²) >= 11 is 7.49. The summed E-state index contributed by atoms with van der Waals surface area (Å²) in [6.45, 7) is 0. The number of rotatable bonds is 8. The van der Waals surface area contributed by atoms with Crippen LogP contribution in [0.25, 0.3) is 0 Å². The van der Waals surface area contributed by atoms with Gasteiger partial charge in [-0.1, -0.05) is 41.9 Å². The van der Waals surface area contributed by atoms with Crippen LogP contribution in [0.1, 0.15) is 24.8 Å². The quantitative estimate of drug-likeness (QED) is 0.260. The molecule has 162 valence electrons. The molecule has 0 aromatic heterocycles. The van der Waals surface area contributed by atoms with Gasteiger partial charge < -0.3 is 15.7 Å². The maximum Gasteiger partial charge on any atom is 0.253 e. The zero-order valence-corrected chi connectivity index (χ0v) is 18.9. The van der Waals surface area contributed by atoms with Crippen LogP contribution >= 0.6 is 23.5 Å². The molecule has 31 heavy (non-hydrogen) atoms. The number of hydrogen-bond acceptors (Lipinski definition) is 7. The third-order valence-electron chi connectivity index (χ3n) is 5.61. The van der Waals surface area contributed by atoms with Crippen molar-refractivity contribution in [3.05, 3.63) is 73.5 Å². The molecule has 3 aromatic carbocycles. The minimum atomic E-state index is -0.590. The van der Waals surface area contributed by atoms with Crippen molar-refractivity contribution in [3.63, 3.8) is 0 Å². The summed E-state index contributed by atoms with van der Waals surface area (Å²) in [5.41, 5.74) is 0.623. The van der Waals surface area contributed by atoms with Crippen molar-refractivity contribution < 1.29 is 5.11 Å². The zero-order chi connectivity index (χ0) is 22.2. The molecule has 0 bridgehead atoms. The summed E-state index contributed by atoms with van der Waals surface area (Å²) in [6, 6.07) is 13.4. The first-order valence-electron chi connectivity index (χ1n) is 10.1. The smallest absolute Gasteiger partial charge is 0.253 e. The van der Waals surface area contributed by atoms with Crippen molar-refractivity contribution in [2.45, 2.75) is 36.1 Å². The van der Waals surface area contributed by atoms with Gasteiger partial charge in [0.1, 0.15) is 11.4 Å². The molecular formula is C23H24ClN3O3S. The van der Waals surface area contributed by atoms with Gasteiger partial charge in [-0.05, 0) is 69.4 Å². The van der Waals surface area contributed by atoms with Crippen molar-refractivity contribution >= 4 is 40.6 Å². The molecule has 1 fully saturated rings. The largest absolute Gasteiger partial charge is 0.505 e. The summed E-state index contributed by atoms with van der Waals surface area (Å²) in [6.07, 6.45) is 3.70. The Morgan fingerprint density at radius 1 is 1.06 bits per heavy atom. The normalized spacial score (nSPS) is 15.1. The lowest BCUT2D eigenvalue weighted by molar-refractivity contribution is 0.276. The van der Waals surface area contributed by atoms with Crippen molar-refractivity contribution in [2.75, 3.05) is 24.7 Å². The zero-order valence-electron chi connectivity index (χ0n) is 17.4. The summed E-state index contributed by atoms with van der Waals surface area (Å²) in [5, 5.41) is 17.4. The molecule has 0 radical (unpaired) electrons. The number of aromatic hydroxyl groups is 1. The average molecular weight is 458 g/mol. The molecule has 0 unspecified atom stereocenters. The van der Waals surface area contributed by atoms with Gasteiger partial charge in [0.05, 0.1) is 15.6 Å². The van der Waals surface area contributed by atoms with Gasteiger partial charge >= 0.3 is 0 Å². The molecule has 0 atom stereocenters. The lowest BCUT2D eigenvalue weighted by Crippen LogP contribution is -2.51. The molecular weight excluding hydrogens is 434 g/mol. The first kappa shape index (κ1) is 21.7. The molecule has 0 aliphatic heterocycles. The third kappa shape index (κ3) is 4.31. The minimum Gasteiger partial charge on any atom is -0.505 e. The summed E-state index contributed by atoms with van der Waals surface area (Å²) in [4.78, 5) is 25.2. The molecule has 0 saturated heterocycles. The van der Waals surface area contributed by atoms with E-state index in [9.17, 15) is 14.7 Å². The van der Waals surface area contributed by atoms with Crippen molar-refractivity contribution in [1.82, 2.24) is 4.31 Å². The molecule has 1 saturated carbocycles. The highest BCUT2D eigenvalue weighted by atomic mass is 35.5. The number of hydrogen-bond donors (Lipinski definition) is 3. The van der Waals surface area contributed by atoms with Crippen LogP contribution in [-0.4, -0.2) is 29.0 Å². The van der Waals surface area contributed by atoms with E-state index in [4.69, 9.17) is 11.6 Å².